The van der Waals surface area contributed by atoms with Crippen molar-refractivity contribution in [2.45, 2.75) is 64.7 Å². The molecule has 4 rings (SSSR count). The summed E-state index contributed by atoms with van der Waals surface area (Å²) >= 11 is 0. The summed E-state index contributed by atoms with van der Waals surface area (Å²) < 4.78 is 0. The van der Waals surface area contributed by atoms with Crippen molar-refractivity contribution in [3.8, 4) is 0 Å². The van der Waals surface area contributed by atoms with E-state index in [0.29, 0.717) is 11.2 Å². The summed E-state index contributed by atoms with van der Waals surface area (Å²) in [4.78, 5) is 11.7. The molecule has 0 bridgehead atoms. The van der Waals surface area contributed by atoms with Crippen LogP contribution in [-0.4, -0.2) is 5.78 Å². The second kappa shape index (κ2) is 4.45. The van der Waals surface area contributed by atoms with Crippen LogP contribution in [0.25, 0.3) is 0 Å². The van der Waals surface area contributed by atoms with Crippen molar-refractivity contribution in [2.75, 3.05) is 0 Å². The second-order valence-corrected chi connectivity index (χ2v) is 8.32. The maximum Gasteiger partial charge on any atom is 0.133 e. The lowest BCUT2D eigenvalue weighted by molar-refractivity contribution is -0.126. The van der Waals surface area contributed by atoms with Crippen molar-refractivity contribution >= 4 is 5.78 Å². The third-order valence-corrected chi connectivity index (χ3v) is 7.72. The third kappa shape index (κ3) is 1.71. The molecule has 0 saturated heterocycles. The third-order valence-electron chi connectivity index (χ3n) is 7.72. The Labute approximate surface area is 123 Å². The van der Waals surface area contributed by atoms with Crippen molar-refractivity contribution in [1.82, 2.24) is 0 Å². The average Bonchev–Trinajstić information content (AvgIpc) is 2.74. The Morgan fingerprint density at radius 3 is 2.70 bits per heavy atom. The summed E-state index contributed by atoms with van der Waals surface area (Å²) in [5, 5.41) is 0. The van der Waals surface area contributed by atoms with Crippen LogP contribution in [0.2, 0.25) is 0 Å². The molecule has 6 atom stereocenters. The Kier molecular flexibility index (Phi) is 2.91. The van der Waals surface area contributed by atoms with Crippen LogP contribution in [0.15, 0.2) is 12.2 Å². The van der Waals surface area contributed by atoms with Gasteiger partial charge in [-0.15, -0.1) is 0 Å². The van der Waals surface area contributed by atoms with Crippen LogP contribution < -0.4 is 0 Å². The average molecular weight is 272 g/mol. The topological polar surface area (TPSA) is 17.1 Å². The zero-order valence-electron chi connectivity index (χ0n) is 12.9. The summed E-state index contributed by atoms with van der Waals surface area (Å²) in [6, 6.07) is 0. The Morgan fingerprint density at radius 2 is 1.85 bits per heavy atom. The van der Waals surface area contributed by atoms with Crippen LogP contribution in [0.5, 0.6) is 0 Å². The fourth-order valence-electron chi connectivity index (χ4n) is 6.57. The van der Waals surface area contributed by atoms with E-state index in [1.807, 2.05) is 0 Å². The van der Waals surface area contributed by atoms with Gasteiger partial charge in [-0.3, -0.25) is 4.79 Å². The lowest BCUT2D eigenvalue weighted by Crippen LogP contribution is -2.47. The fraction of sp³-hybridized carbons (Fsp3) is 0.842. The predicted molar refractivity (Wildman–Crippen MR) is 81.3 cm³/mol. The van der Waals surface area contributed by atoms with Gasteiger partial charge in [-0.25, -0.2) is 0 Å². The number of carbonyl (C=O) groups is 1. The zero-order chi connectivity index (χ0) is 13.9. The Balaban J connectivity index is 1.59. The van der Waals surface area contributed by atoms with Gasteiger partial charge in [0.1, 0.15) is 5.78 Å². The maximum atomic E-state index is 11.7. The number of fused-ring (bicyclic) bond motifs is 5. The predicted octanol–water partition coefficient (Wildman–Crippen LogP) is 4.76. The minimum atomic E-state index is 0.457. The number of hydrogen-bond acceptors (Lipinski definition) is 1. The summed E-state index contributed by atoms with van der Waals surface area (Å²) in [6.07, 6.45) is 11.2. The van der Waals surface area contributed by atoms with Gasteiger partial charge in [0.05, 0.1) is 0 Å². The van der Waals surface area contributed by atoms with E-state index in [1.54, 1.807) is 5.57 Å². The molecule has 0 amide bonds. The molecule has 0 aromatic rings. The zero-order valence-corrected chi connectivity index (χ0v) is 12.9. The number of hydrogen-bond donors (Lipinski definition) is 0. The van der Waals surface area contributed by atoms with Crippen LogP contribution in [-0.2, 0) is 4.79 Å². The highest BCUT2D eigenvalue weighted by Gasteiger charge is 2.54. The van der Waals surface area contributed by atoms with Gasteiger partial charge >= 0.3 is 0 Å². The first-order chi connectivity index (χ1) is 9.59. The molecule has 0 radical (unpaired) electrons. The van der Waals surface area contributed by atoms with Gasteiger partial charge in [0.2, 0.25) is 0 Å². The first-order valence-electron chi connectivity index (χ1n) is 8.79. The first kappa shape index (κ1) is 13.1. The molecular weight excluding hydrogens is 244 g/mol. The SMILES string of the molecule is C=C1CC[C@H]2[C@@H]3CC[C@@H]4CC(=O)CCC4[C@H]3CC[C@]12C. The molecule has 0 N–H and O–H groups in total. The van der Waals surface area contributed by atoms with Crippen molar-refractivity contribution in [1.29, 1.82) is 0 Å². The molecule has 0 aromatic heterocycles. The van der Waals surface area contributed by atoms with Gasteiger partial charge in [0.15, 0.2) is 0 Å². The fourth-order valence-corrected chi connectivity index (χ4v) is 6.57. The van der Waals surface area contributed by atoms with Gasteiger partial charge < -0.3 is 0 Å². The van der Waals surface area contributed by atoms with E-state index >= 15 is 0 Å². The van der Waals surface area contributed by atoms with Crippen LogP contribution in [0.3, 0.4) is 0 Å². The van der Waals surface area contributed by atoms with E-state index in [2.05, 4.69) is 13.5 Å². The quantitative estimate of drug-likeness (QED) is 0.581. The van der Waals surface area contributed by atoms with Crippen LogP contribution in [0.1, 0.15) is 64.7 Å². The number of ketones is 1. The molecule has 0 spiro atoms. The molecule has 0 heterocycles. The van der Waals surface area contributed by atoms with Crippen molar-refractivity contribution < 1.29 is 4.79 Å². The van der Waals surface area contributed by atoms with Crippen LogP contribution in [0, 0.1) is 35.0 Å². The lowest BCUT2D eigenvalue weighted by Gasteiger charge is -2.54. The Hall–Kier alpha value is -0.590. The highest BCUT2D eigenvalue weighted by atomic mass is 16.1. The van der Waals surface area contributed by atoms with Crippen LogP contribution in [0.4, 0.5) is 0 Å². The standard InChI is InChI=1S/C19H28O/c1-12-3-8-18-17-6-4-13-11-14(20)5-7-15(13)16(17)9-10-19(12,18)2/h13,15-18H,1,3-11H2,2H3/t13-,15?,16-,17-,18+,19-/m1/s1. The van der Waals surface area contributed by atoms with E-state index in [-0.39, 0.29) is 0 Å². The van der Waals surface area contributed by atoms with Gasteiger partial charge in [-0.05, 0) is 80.0 Å². The molecule has 0 aromatic carbocycles. The van der Waals surface area contributed by atoms with E-state index < -0.39 is 0 Å². The minimum absolute atomic E-state index is 0.457. The van der Waals surface area contributed by atoms with E-state index in [9.17, 15) is 4.79 Å². The monoisotopic (exact) mass is 272 g/mol. The number of allylic oxidation sites excluding steroid dienone is 1. The number of carbonyl (C=O) groups excluding carboxylic acids is 1. The molecular formula is C19H28O. The molecule has 0 aliphatic heterocycles. The molecule has 1 nitrogen and oxygen atoms in total. The first-order valence-corrected chi connectivity index (χ1v) is 8.79. The summed E-state index contributed by atoms with van der Waals surface area (Å²) in [6.45, 7) is 6.89. The molecule has 4 saturated carbocycles. The largest absolute Gasteiger partial charge is 0.300 e. The number of Topliss-reactive ketones (excluding diaryl/α,β-unsaturated/α-hetero) is 1. The highest BCUT2D eigenvalue weighted by Crippen LogP contribution is 2.63. The van der Waals surface area contributed by atoms with Gasteiger partial charge in [0.25, 0.3) is 0 Å². The molecule has 110 valence electrons. The smallest absolute Gasteiger partial charge is 0.133 e. The minimum Gasteiger partial charge on any atom is -0.300 e. The normalized spacial score (nSPS) is 51.4. The van der Waals surface area contributed by atoms with E-state index in [1.165, 1.54) is 44.9 Å². The maximum absolute atomic E-state index is 11.7. The summed E-state index contributed by atoms with van der Waals surface area (Å²) in [7, 11) is 0. The summed E-state index contributed by atoms with van der Waals surface area (Å²) in [5.74, 6) is 4.96. The van der Waals surface area contributed by atoms with Gasteiger partial charge in [-0.2, -0.15) is 0 Å². The van der Waals surface area contributed by atoms with Crippen molar-refractivity contribution in [3.05, 3.63) is 12.2 Å². The van der Waals surface area contributed by atoms with E-state index in [0.717, 1.165) is 42.4 Å². The molecule has 1 unspecified atom stereocenters. The van der Waals surface area contributed by atoms with E-state index in [4.69, 9.17) is 0 Å². The van der Waals surface area contributed by atoms with Crippen molar-refractivity contribution in [2.24, 2.45) is 35.0 Å². The lowest BCUT2D eigenvalue weighted by atomic mass is 9.50. The van der Waals surface area contributed by atoms with Gasteiger partial charge in [-0.1, -0.05) is 19.1 Å². The van der Waals surface area contributed by atoms with Crippen molar-refractivity contribution in [3.63, 3.8) is 0 Å². The molecule has 4 aliphatic rings. The Morgan fingerprint density at radius 1 is 1.00 bits per heavy atom. The second-order valence-electron chi connectivity index (χ2n) is 8.32. The number of rotatable bonds is 0. The van der Waals surface area contributed by atoms with Crippen LogP contribution >= 0.6 is 0 Å². The summed E-state index contributed by atoms with van der Waals surface area (Å²) in [5.41, 5.74) is 2.00. The highest BCUT2D eigenvalue weighted by molar-refractivity contribution is 5.79. The van der Waals surface area contributed by atoms with Gasteiger partial charge in [0, 0.05) is 12.8 Å². The molecule has 1 heteroatoms. The molecule has 4 fully saturated rings. The Bertz CT molecular complexity index is 451. The molecule has 20 heavy (non-hydrogen) atoms. The molecule has 4 aliphatic carbocycles.